The summed E-state index contributed by atoms with van der Waals surface area (Å²) < 4.78 is 0. The second kappa shape index (κ2) is 5.96. The zero-order chi connectivity index (χ0) is 15.8. The van der Waals surface area contributed by atoms with Gasteiger partial charge in [0.05, 0.1) is 12.0 Å². The Labute approximate surface area is 140 Å². The monoisotopic (exact) mass is 327 g/mol. The van der Waals surface area contributed by atoms with Gasteiger partial charge in [-0.25, -0.2) is 5.43 Å². The molecule has 4 nitrogen and oxygen atoms in total. The van der Waals surface area contributed by atoms with Crippen molar-refractivity contribution >= 4 is 23.2 Å². The Morgan fingerprint density at radius 2 is 1.91 bits per heavy atom. The molecule has 2 unspecified atom stereocenters. The molecule has 118 valence electrons. The highest BCUT2D eigenvalue weighted by Crippen LogP contribution is 2.33. The molecule has 2 atom stereocenters. The second-order valence-corrected chi connectivity index (χ2v) is 6.47. The number of fused-ring (bicyclic) bond motifs is 1. The lowest BCUT2D eigenvalue weighted by Gasteiger charge is -2.24. The standard InChI is InChI=1S/C18H18ClN3O/c19-14-7-5-13(6-8-14)17-15(11-20-21-17)18(23)22-10-9-12-3-1-2-4-16(12)22/h1-8,15,17,20-21H,9-11H2. The van der Waals surface area contributed by atoms with E-state index in [0.29, 0.717) is 11.6 Å². The lowest BCUT2D eigenvalue weighted by molar-refractivity contribution is -0.122. The molecule has 0 spiro atoms. The quantitative estimate of drug-likeness (QED) is 0.891. The van der Waals surface area contributed by atoms with E-state index in [9.17, 15) is 4.79 Å². The molecule has 1 saturated heterocycles. The predicted molar refractivity (Wildman–Crippen MR) is 91.3 cm³/mol. The molecule has 4 rings (SSSR count). The van der Waals surface area contributed by atoms with Gasteiger partial charge in [0, 0.05) is 23.8 Å². The molecular formula is C18H18ClN3O. The van der Waals surface area contributed by atoms with E-state index in [-0.39, 0.29) is 17.9 Å². The predicted octanol–water partition coefficient (Wildman–Crippen LogP) is 2.69. The molecule has 0 aliphatic carbocycles. The first-order chi connectivity index (χ1) is 11.2. The summed E-state index contributed by atoms with van der Waals surface area (Å²) in [7, 11) is 0. The molecule has 2 N–H and O–H groups in total. The first-order valence-corrected chi connectivity index (χ1v) is 8.25. The van der Waals surface area contributed by atoms with Gasteiger partial charge in [0.15, 0.2) is 0 Å². The van der Waals surface area contributed by atoms with Crippen LogP contribution >= 0.6 is 11.6 Å². The maximum Gasteiger partial charge on any atom is 0.233 e. The van der Waals surface area contributed by atoms with E-state index in [2.05, 4.69) is 16.9 Å². The van der Waals surface area contributed by atoms with Crippen LogP contribution in [0.2, 0.25) is 5.02 Å². The van der Waals surface area contributed by atoms with Crippen LogP contribution in [0.3, 0.4) is 0 Å². The molecule has 2 aromatic carbocycles. The Morgan fingerprint density at radius 3 is 2.74 bits per heavy atom. The second-order valence-electron chi connectivity index (χ2n) is 6.03. The third kappa shape index (κ3) is 2.63. The van der Waals surface area contributed by atoms with E-state index >= 15 is 0 Å². The van der Waals surface area contributed by atoms with Crippen molar-refractivity contribution in [2.75, 3.05) is 18.0 Å². The van der Waals surface area contributed by atoms with Crippen LogP contribution < -0.4 is 15.8 Å². The summed E-state index contributed by atoms with van der Waals surface area (Å²) in [4.78, 5) is 15.0. The molecular weight excluding hydrogens is 310 g/mol. The molecule has 0 saturated carbocycles. The van der Waals surface area contributed by atoms with E-state index in [0.717, 1.165) is 24.2 Å². The minimum atomic E-state index is -0.123. The molecule has 2 aliphatic heterocycles. The Balaban J connectivity index is 1.59. The van der Waals surface area contributed by atoms with Gasteiger partial charge in [-0.05, 0) is 35.7 Å². The van der Waals surface area contributed by atoms with Crippen molar-refractivity contribution in [3.63, 3.8) is 0 Å². The normalized spacial score (nSPS) is 23.1. The minimum absolute atomic E-state index is 0.0347. The van der Waals surface area contributed by atoms with Crippen molar-refractivity contribution in [1.29, 1.82) is 0 Å². The van der Waals surface area contributed by atoms with Crippen molar-refractivity contribution in [2.45, 2.75) is 12.5 Å². The molecule has 1 amide bonds. The van der Waals surface area contributed by atoms with Gasteiger partial charge in [-0.2, -0.15) is 0 Å². The number of hydrogen-bond acceptors (Lipinski definition) is 3. The summed E-state index contributed by atoms with van der Waals surface area (Å²) in [5.74, 6) is 0.0507. The largest absolute Gasteiger partial charge is 0.311 e. The number of rotatable bonds is 2. The zero-order valence-electron chi connectivity index (χ0n) is 12.6. The molecule has 1 fully saturated rings. The van der Waals surface area contributed by atoms with Gasteiger partial charge in [0.1, 0.15) is 0 Å². The van der Waals surface area contributed by atoms with Crippen molar-refractivity contribution in [1.82, 2.24) is 10.9 Å². The van der Waals surface area contributed by atoms with Crippen LogP contribution in [0, 0.1) is 5.92 Å². The molecule has 2 aromatic rings. The smallest absolute Gasteiger partial charge is 0.233 e. The van der Waals surface area contributed by atoms with Gasteiger partial charge in [0.25, 0.3) is 0 Å². The van der Waals surface area contributed by atoms with Crippen LogP contribution in [0.25, 0.3) is 0 Å². The molecule has 23 heavy (non-hydrogen) atoms. The van der Waals surface area contributed by atoms with E-state index in [1.54, 1.807) is 0 Å². The topological polar surface area (TPSA) is 44.4 Å². The highest BCUT2D eigenvalue weighted by atomic mass is 35.5. The molecule has 2 aliphatic rings. The summed E-state index contributed by atoms with van der Waals surface area (Å²) >= 11 is 5.97. The Hall–Kier alpha value is -1.88. The van der Waals surface area contributed by atoms with Crippen LogP contribution in [0.1, 0.15) is 17.2 Å². The first kappa shape index (κ1) is 14.7. The average molecular weight is 328 g/mol. The highest BCUT2D eigenvalue weighted by molar-refractivity contribution is 6.30. The number of carbonyl (C=O) groups is 1. The number of carbonyl (C=O) groups excluding carboxylic acids is 1. The van der Waals surface area contributed by atoms with Gasteiger partial charge in [0.2, 0.25) is 5.91 Å². The summed E-state index contributed by atoms with van der Waals surface area (Å²) in [5, 5.41) is 0.705. The Morgan fingerprint density at radius 1 is 1.13 bits per heavy atom. The molecule has 0 radical (unpaired) electrons. The first-order valence-electron chi connectivity index (χ1n) is 7.87. The summed E-state index contributed by atoms with van der Waals surface area (Å²) in [6, 6.07) is 15.8. The molecule has 5 heteroatoms. The fourth-order valence-corrected chi connectivity index (χ4v) is 3.61. The van der Waals surface area contributed by atoms with Crippen LogP contribution in [0.4, 0.5) is 5.69 Å². The highest BCUT2D eigenvalue weighted by Gasteiger charge is 2.38. The molecule has 0 bridgehead atoms. The van der Waals surface area contributed by atoms with E-state index < -0.39 is 0 Å². The number of halogens is 1. The van der Waals surface area contributed by atoms with Gasteiger partial charge in [-0.3, -0.25) is 10.2 Å². The van der Waals surface area contributed by atoms with E-state index in [1.165, 1.54) is 5.56 Å². The maximum absolute atomic E-state index is 13.1. The van der Waals surface area contributed by atoms with Gasteiger partial charge in [-0.1, -0.05) is 41.9 Å². The van der Waals surface area contributed by atoms with Gasteiger partial charge in [-0.15, -0.1) is 0 Å². The number of hydrazine groups is 1. The zero-order valence-corrected chi connectivity index (χ0v) is 13.4. The molecule has 2 heterocycles. The number of nitrogens with zero attached hydrogens (tertiary/aromatic N) is 1. The van der Waals surface area contributed by atoms with Gasteiger partial charge < -0.3 is 4.90 Å². The number of anilines is 1. The number of benzene rings is 2. The average Bonchev–Trinajstić information content (AvgIpc) is 3.22. The van der Waals surface area contributed by atoms with Crippen LogP contribution in [-0.2, 0) is 11.2 Å². The van der Waals surface area contributed by atoms with Crippen LogP contribution in [0.5, 0.6) is 0 Å². The van der Waals surface area contributed by atoms with Crippen LogP contribution in [-0.4, -0.2) is 19.0 Å². The number of hydrogen-bond donors (Lipinski definition) is 2. The SMILES string of the molecule is O=C(C1CNNC1c1ccc(Cl)cc1)N1CCc2ccccc21. The van der Waals surface area contributed by atoms with Crippen molar-refractivity contribution in [3.05, 3.63) is 64.7 Å². The maximum atomic E-state index is 13.1. The van der Waals surface area contributed by atoms with E-state index in [1.807, 2.05) is 47.4 Å². The third-order valence-corrected chi connectivity index (χ3v) is 4.93. The number of nitrogens with one attached hydrogen (secondary N) is 2. The molecule has 0 aromatic heterocycles. The van der Waals surface area contributed by atoms with Crippen molar-refractivity contribution < 1.29 is 4.79 Å². The van der Waals surface area contributed by atoms with Gasteiger partial charge >= 0.3 is 0 Å². The summed E-state index contributed by atoms with van der Waals surface area (Å²) in [6.07, 6.45) is 0.932. The van der Waals surface area contributed by atoms with Crippen LogP contribution in [0.15, 0.2) is 48.5 Å². The lowest BCUT2D eigenvalue weighted by atomic mass is 9.93. The Bertz CT molecular complexity index is 731. The van der Waals surface area contributed by atoms with Crippen molar-refractivity contribution in [2.24, 2.45) is 5.92 Å². The fraction of sp³-hybridized carbons (Fsp3) is 0.278. The summed E-state index contributed by atoms with van der Waals surface area (Å²) in [6.45, 7) is 1.40. The summed E-state index contributed by atoms with van der Waals surface area (Å²) in [5.41, 5.74) is 9.75. The fourth-order valence-electron chi connectivity index (χ4n) is 3.48. The number of amides is 1. The Kier molecular flexibility index (Phi) is 3.81. The van der Waals surface area contributed by atoms with E-state index in [4.69, 9.17) is 11.6 Å². The van der Waals surface area contributed by atoms with Crippen molar-refractivity contribution in [3.8, 4) is 0 Å². The number of para-hydroxylation sites is 1. The lowest BCUT2D eigenvalue weighted by Crippen LogP contribution is -2.38. The third-order valence-electron chi connectivity index (χ3n) is 4.68. The minimum Gasteiger partial charge on any atom is -0.311 e.